The van der Waals surface area contributed by atoms with E-state index in [1.54, 1.807) is 39.8 Å². The molecule has 1 saturated heterocycles. The van der Waals surface area contributed by atoms with Crippen LogP contribution in [0.2, 0.25) is 0 Å². The third kappa shape index (κ3) is 5.76. The van der Waals surface area contributed by atoms with Crippen LogP contribution in [0.1, 0.15) is 63.9 Å². The van der Waals surface area contributed by atoms with Crippen molar-refractivity contribution in [1.29, 1.82) is 0 Å². The second-order valence-corrected chi connectivity index (χ2v) is 11.6. The number of hydrogen-bond acceptors (Lipinski definition) is 8. The Morgan fingerprint density at radius 2 is 1.76 bits per heavy atom. The molecule has 0 saturated carbocycles. The van der Waals surface area contributed by atoms with Gasteiger partial charge in [0.25, 0.3) is 10.1 Å². The Hall–Kier alpha value is -2.50. The first kappa shape index (κ1) is 27.7. The van der Waals surface area contributed by atoms with Gasteiger partial charge in [-0.15, -0.1) is 0 Å². The number of carbonyl (C=O) groups is 3. The van der Waals surface area contributed by atoms with Gasteiger partial charge in [-0.05, 0) is 25.0 Å². The lowest BCUT2D eigenvalue weighted by Crippen LogP contribution is -2.48. The number of ether oxygens (including phenoxy) is 2. The third-order valence-corrected chi connectivity index (χ3v) is 6.70. The van der Waals surface area contributed by atoms with Crippen LogP contribution in [-0.2, 0) is 38.8 Å². The minimum atomic E-state index is -3.74. The highest BCUT2D eigenvalue weighted by Gasteiger charge is 2.53. The summed E-state index contributed by atoms with van der Waals surface area (Å²) in [4.78, 5) is 37.7. The average Bonchev–Trinajstić information content (AvgIpc) is 3.00. The maximum Gasteiger partial charge on any atom is 0.342 e. The highest BCUT2D eigenvalue weighted by Crippen LogP contribution is 2.50. The van der Waals surface area contributed by atoms with Crippen molar-refractivity contribution >= 4 is 39.3 Å². The number of rotatable bonds is 7. The summed E-state index contributed by atoms with van der Waals surface area (Å²) in [5.41, 5.74) is -1.88. The van der Waals surface area contributed by atoms with Crippen molar-refractivity contribution in [3.05, 3.63) is 23.3 Å². The van der Waals surface area contributed by atoms with E-state index < -0.39 is 38.4 Å². The van der Waals surface area contributed by atoms with Crippen LogP contribution in [0.5, 0.6) is 0 Å². The van der Waals surface area contributed by atoms with Gasteiger partial charge in [0.1, 0.15) is 5.56 Å². The first-order valence-corrected chi connectivity index (χ1v) is 12.6. The van der Waals surface area contributed by atoms with Crippen molar-refractivity contribution in [2.75, 3.05) is 37.2 Å². The van der Waals surface area contributed by atoms with Crippen molar-refractivity contribution < 1.29 is 36.5 Å². The molecule has 1 aromatic rings. The van der Waals surface area contributed by atoms with E-state index in [9.17, 15) is 22.8 Å². The van der Waals surface area contributed by atoms with E-state index in [1.165, 1.54) is 14.0 Å². The zero-order valence-electron chi connectivity index (χ0n) is 21.0. The normalized spacial score (nSPS) is 22.8. The minimum absolute atomic E-state index is 0.0210. The van der Waals surface area contributed by atoms with Crippen molar-refractivity contribution in [1.82, 2.24) is 0 Å². The smallest absolute Gasteiger partial charge is 0.342 e. The van der Waals surface area contributed by atoms with Gasteiger partial charge in [0, 0.05) is 24.4 Å². The molecular formula is C23H34N2O8S. The number of anilines is 2. The number of methoxy groups -OCH3 is 1. The Labute approximate surface area is 200 Å². The Bertz CT molecular complexity index is 1090. The SMILES string of the molecule is COC(=O)c1c(NC(=O)C(C)(C)C)ccc([C@]2(C)CCO[C@]2(C)COS(C)(=O)=O)c1NC(C)=O. The molecule has 0 unspecified atom stereocenters. The molecule has 2 amide bonds. The quantitative estimate of drug-likeness (QED) is 0.432. The molecule has 1 aromatic carbocycles. The van der Waals surface area contributed by atoms with Gasteiger partial charge in [-0.25, -0.2) is 4.79 Å². The lowest BCUT2D eigenvalue weighted by atomic mass is 9.68. The average molecular weight is 499 g/mol. The van der Waals surface area contributed by atoms with Crippen LogP contribution < -0.4 is 10.6 Å². The van der Waals surface area contributed by atoms with Crippen LogP contribution in [0.4, 0.5) is 11.4 Å². The molecule has 2 atom stereocenters. The van der Waals surface area contributed by atoms with E-state index in [2.05, 4.69) is 10.6 Å². The van der Waals surface area contributed by atoms with Crippen LogP contribution in [0.25, 0.3) is 0 Å². The first-order chi connectivity index (χ1) is 15.4. The van der Waals surface area contributed by atoms with Gasteiger partial charge in [0.05, 0.1) is 36.9 Å². The van der Waals surface area contributed by atoms with Crippen LogP contribution in [0.3, 0.4) is 0 Å². The van der Waals surface area contributed by atoms with Crippen LogP contribution in [-0.4, -0.2) is 58.4 Å². The minimum Gasteiger partial charge on any atom is -0.465 e. The van der Waals surface area contributed by atoms with Gasteiger partial charge in [-0.1, -0.05) is 33.8 Å². The Kier molecular flexibility index (Phi) is 7.86. The molecule has 0 radical (unpaired) electrons. The summed E-state index contributed by atoms with van der Waals surface area (Å²) in [5, 5.41) is 5.47. The van der Waals surface area contributed by atoms with Gasteiger partial charge in [-0.3, -0.25) is 13.8 Å². The van der Waals surface area contributed by atoms with Gasteiger partial charge in [-0.2, -0.15) is 8.42 Å². The molecule has 0 bridgehead atoms. The van der Waals surface area contributed by atoms with Crippen LogP contribution in [0.15, 0.2) is 12.1 Å². The van der Waals surface area contributed by atoms with Crippen molar-refractivity contribution in [3.63, 3.8) is 0 Å². The van der Waals surface area contributed by atoms with Gasteiger partial charge < -0.3 is 20.1 Å². The molecule has 11 heteroatoms. The van der Waals surface area contributed by atoms with Gasteiger partial charge in [0.2, 0.25) is 11.8 Å². The summed E-state index contributed by atoms with van der Waals surface area (Å²) in [6.07, 6.45) is 1.41. The van der Waals surface area contributed by atoms with E-state index in [4.69, 9.17) is 13.7 Å². The molecular weight excluding hydrogens is 464 g/mol. The van der Waals surface area contributed by atoms with E-state index in [0.717, 1.165) is 6.26 Å². The molecule has 2 rings (SSSR count). The lowest BCUT2D eigenvalue weighted by Gasteiger charge is -2.41. The van der Waals surface area contributed by atoms with Gasteiger partial charge >= 0.3 is 5.97 Å². The lowest BCUT2D eigenvalue weighted by molar-refractivity contribution is -0.123. The molecule has 1 heterocycles. The summed E-state index contributed by atoms with van der Waals surface area (Å²) >= 11 is 0. The number of hydrogen-bond donors (Lipinski definition) is 2. The maximum atomic E-state index is 12.9. The van der Waals surface area contributed by atoms with Crippen molar-refractivity contribution in [2.24, 2.45) is 5.41 Å². The highest BCUT2D eigenvalue weighted by atomic mass is 32.2. The predicted molar refractivity (Wildman–Crippen MR) is 127 cm³/mol. The number of carbonyl (C=O) groups excluding carboxylic acids is 3. The number of esters is 1. The van der Waals surface area contributed by atoms with E-state index in [0.29, 0.717) is 18.6 Å². The Balaban J connectivity index is 2.76. The number of benzene rings is 1. The molecule has 1 aliphatic heterocycles. The van der Waals surface area contributed by atoms with E-state index >= 15 is 0 Å². The second kappa shape index (κ2) is 9.63. The molecule has 0 aliphatic carbocycles. The van der Waals surface area contributed by atoms with E-state index in [1.807, 2.05) is 6.92 Å². The van der Waals surface area contributed by atoms with Crippen molar-refractivity contribution in [2.45, 2.75) is 59.0 Å². The Morgan fingerprint density at radius 1 is 1.15 bits per heavy atom. The third-order valence-electron chi connectivity index (χ3n) is 6.16. The number of nitrogens with one attached hydrogen (secondary N) is 2. The fourth-order valence-corrected chi connectivity index (χ4v) is 4.28. The molecule has 0 aromatic heterocycles. The molecule has 10 nitrogen and oxygen atoms in total. The molecule has 2 N–H and O–H groups in total. The molecule has 190 valence electrons. The molecule has 34 heavy (non-hydrogen) atoms. The van der Waals surface area contributed by atoms with Crippen LogP contribution in [0, 0.1) is 5.41 Å². The molecule has 0 spiro atoms. The summed E-state index contributed by atoms with van der Waals surface area (Å²) in [5.74, 6) is -1.53. The second-order valence-electron chi connectivity index (χ2n) is 9.92. The fourth-order valence-electron chi connectivity index (χ4n) is 3.84. The summed E-state index contributed by atoms with van der Waals surface area (Å²) in [6, 6.07) is 3.25. The molecule has 1 fully saturated rings. The summed E-state index contributed by atoms with van der Waals surface area (Å²) in [7, 11) is -2.54. The summed E-state index contributed by atoms with van der Waals surface area (Å²) in [6.45, 7) is 10.1. The Morgan fingerprint density at radius 3 is 2.26 bits per heavy atom. The summed E-state index contributed by atoms with van der Waals surface area (Å²) < 4.78 is 39.3. The van der Waals surface area contributed by atoms with Crippen molar-refractivity contribution in [3.8, 4) is 0 Å². The largest absolute Gasteiger partial charge is 0.465 e. The fraction of sp³-hybridized carbons (Fsp3) is 0.609. The van der Waals surface area contributed by atoms with Crippen LogP contribution >= 0.6 is 0 Å². The topological polar surface area (TPSA) is 137 Å². The first-order valence-electron chi connectivity index (χ1n) is 10.8. The highest BCUT2D eigenvalue weighted by molar-refractivity contribution is 7.85. The number of amides is 2. The molecule has 1 aliphatic rings. The zero-order valence-corrected chi connectivity index (χ0v) is 21.8. The standard InChI is InChI=1S/C23H34N2O8S/c1-14(26)24-18-15(22(5)11-12-32-23(22,6)13-33-34(8,29)30)9-10-16(17(18)19(27)31-7)25-20(28)21(2,3)4/h9-10H,11-13H2,1-8H3,(H,24,26)(H,25,28)/t22-,23+/m0/s1. The van der Waals surface area contributed by atoms with E-state index in [-0.39, 0.29) is 29.5 Å². The van der Waals surface area contributed by atoms with Gasteiger partial charge in [0.15, 0.2) is 0 Å². The zero-order chi connectivity index (χ0) is 26.1. The monoisotopic (exact) mass is 498 g/mol. The maximum absolute atomic E-state index is 12.9. The predicted octanol–water partition coefficient (Wildman–Crippen LogP) is 2.83.